The minimum absolute atomic E-state index is 0.00765. The fourth-order valence-electron chi connectivity index (χ4n) is 3.33. The lowest BCUT2D eigenvalue weighted by Crippen LogP contribution is -2.21. The van der Waals surface area contributed by atoms with Crippen LogP contribution in [0.4, 0.5) is 17.1 Å². The number of rotatable bonds is 9. The summed E-state index contributed by atoms with van der Waals surface area (Å²) in [5, 5.41) is 11.9. The zero-order valence-electron chi connectivity index (χ0n) is 18.6. The predicted octanol–water partition coefficient (Wildman–Crippen LogP) is 5.05. The van der Waals surface area contributed by atoms with E-state index in [-0.39, 0.29) is 21.7 Å². The van der Waals surface area contributed by atoms with Gasteiger partial charge in [0.05, 0.1) is 16.1 Å². The third kappa shape index (κ3) is 5.95. The number of anilines is 3. The summed E-state index contributed by atoms with van der Waals surface area (Å²) in [4.78, 5) is 26.1. The zero-order valence-corrected chi connectivity index (χ0v) is 21.0. The lowest BCUT2D eigenvalue weighted by molar-refractivity contribution is 0.0698. The molecular weight excluding hydrogens is 522 g/mol. The van der Waals surface area contributed by atoms with E-state index >= 15 is 0 Å². The molecule has 0 heterocycles. The van der Waals surface area contributed by atoms with Gasteiger partial charge in [0.2, 0.25) is 0 Å². The smallest absolute Gasteiger partial charge is 0.337 e. The molecule has 0 aromatic heterocycles. The summed E-state index contributed by atoms with van der Waals surface area (Å²) in [6.45, 7) is 5.80. The van der Waals surface area contributed by atoms with Crippen LogP contribution in [0.25, 0.3) is 0 Å². The number of halogens is 1. The second kappa shape index (κ2) is 10.7. The number of nitrogens with zero attached hydrogens (tertiary/aromatic N) is 1. The molecule has 8 nitrogen and oxygen atoms in total. The number of carboxylic acids is 1. The van der Waals surface area contributed by atoms with Crippen molar-refractivity contribution in [1.82, 2.24) is 0 Å². The number of carbonyl (C=O) groups is 2. The van der Waals surface area contributed by atoms with Crippen LogP contribution >= 0.6 is 15.9 Å². The van der Waals surface area contributed by atoms with Crippen molar-refractivity contribution >= 4 is 54.9 Å². The number of hydrogen-bond donors (Lipinski definition) is 3. The average Bonchev–Trinajstić information content (AvgIpc) is 2.82. The molecule has 1 amide bonds. The Morgan fingerprint density at radius 1 is 0.941 bits per heavy atom. The van der Waals surface area contributed by atoms with E-state index in [1.807, 2.05) is 26.0 Å². The lowest BCUT2D eigenvalue weighted by atomic mass is 10.1. The molecule has 3 N–H and O–H groups in total. The van der Waals surface area contributed by atoms with Gasteiger partial charge in [-0.15, -0.1) is 0 Å². The summed E-state index contributed by atoms with van der Waals surface area (Å²) in [5.41, 5.74) is 1.67. The second-order valence-electron chi connectivity index (χ2n) is 7.30. The third-order valence-electron chi connectivity index (χ3n) is 5.14. The fourth-order valence-corrected chi connectivity index (χ4v) is 4.75. The first kappa shape index (κ1) is 25.3. The van der Waals surface area contributed by atoms with E-state index in [0.29, 0.717) is 10.2 Å². The molecule has 3 aromatic carbocycles. The van der Waals surface area contributed by atoms with Gasteiger partial charge in [-0.2, -0.15) is 0 Å². The van der Waals surface area contributed by atoms with Gasteiger partial charge in [0, 0.05) is 34.5 Å². The average molecular weight is 546 g/mol. The molecular formula is C24H24BrN3O5S. The van der Waals surface area contributed by atoms with Gasteiger partial charge in [0.15, 0.2) is 0 Å². The van der Waals surface area contributed by atoms with Gasteiger partial charge >= 0.3 is 5.97 Å². The third-order valence-corrected chi connectivity index (χ3v) is 7.03. The second-order valence-corrected chi connectivity index (χ2v) is 9.90. The van der Waals surface area contributed by atoms with Gasteiger partial charge in [0.1, 0.15) is 0 Å². The Hall–Kier alpha value is -3.37. The van der Waals surface area contributed by atoms with E-state index in [0.717, 1.165) is 18.8 Å². The van der Waals surface area contributed by atoms with Crippen LogP contribution in [0.15, 0.2) is 76.1 Å². The normalized spacial score (nSPS) is 11.0. The molecule has 0 fully saturated rings. The minimum Gasteiger partial charge on any atom is -0.478 e. The van der Waals surface area contributed by atoms with E-state index in [1.54, 1.807) is 18.2 Å². The molecule has 0 unspecified atom stereocenters. The first-order valence-electron chi connectivity index (χ1n) is 10.5. The van der Waals surface area contributed by atoms with Crippen molar-refractivity contribution in [2.75, 3.05) is 28.0 Å². The van der Waals surface area contributed by atoms with Crippen LogP contribution in [0.5, 0.6) is 0 Å². The molecule has 0 saturated heterocycles. The van der Waals surface area contributed by atoms with E-state index < -0.39 is 21.9 Å². The molecule has 0 spiro atoms. The molecule has 0 radical (unpaired) electrons. The van der Waals surface area contributed by atoms with Crippen molar-refractivity contribution in [2.45, 2.75) is 18.7 Å². The van der Waals surface area contributed by atoms with Crippen molar-refractivity contribution < 1.29 is 23.1 Å². The zero-order chi connectivity index (χ0) is 24.9. The summed E-state index contributed by atoms with van der Waals surface area (Å²) < 4.78 is 28.6. The summed E-state index contributed by atoms with van der Waals surface area (Å²) in [7, 11) is -3.86. The molecule has 0 aliphatic heterocycles. The maximum absolute atomic E-state index is 12.8. The topological polar surface area (TPSA) is 116 Å². The van der Waals surface area contributed by atoms with Crippen molar-refractivity contribution in [3.63, 3.8) is 0 Å². The quantitative estimate of drug-likeness (QED) is 0.346. The molecule has 0 aliphatic carbocycles. The number of carbonyl (C=O) groups excluding carboxylic acids is 1. The SMILES string of the molecule is CCN(CC)c1ccc(NS(=O)(=O)c2ccc(C(=O)Nc3ccc(Br)cc3C(=O)O)cc2)cc1. The minimum atomic E-state index is -3.86. The van der Waals surface area contributed by atoms with Crippen LogP contribution < -0.4 is 14.9 Å². The Morgan fingerprint density at radius 3 is 2.12 bits per heavy atom. The number of nitrogens with one attached hydrogen (secondary N) is 2. The van der Waals surface area contributed by atoms with Gasteiger partial charge in [0.25, 0.3) is 15.9 Å². The number of amides is 1. The highest BCUT2D eigenvalue weighted by Gasteiger charge is 2.17. The summed E-state index contributed by atoms with van der Waals surface area (Å²) in [6.07, 6.45) is 0. The number of aromatic carboxylic acids is 1. The Labute approximate surface area is 206 Å². The number of carboxylic acid groups (broad SMARTS) is 1. The molecule has 3 rings (SSSR count). The first-order chi connectivity index (χ1) is 16.1. The Morgan fingerprint density at radius 2 is 1.56 bits per heavy atom. The molecule has 3 aromatic rings. The lowest BCUT2D eigenvalue weighted by Gasteiger charge is -2.21. The van der Waals surface area contributed by atoms with E-state index in [9.17, 15) is 23.1 Å². The Balaban J connectivity index is 1.73. The van der Waals surface area contributed by atoms with Gasteiger partial charge in [-0.25, -0.2) is 13.2 Å². The largest absolute Gasteiger partial charge is 0.478 e. The summed E-state index contributed by atoms with van der Waals surface area (Å²) in [6, 6.07) is 16.9. The van der Waals surface area contributed by atoms with E-state index in [1.165, 1.54) is 36.4 Å². The van der Waals surface area contributed by atoms with Crippen molar-refractivity contribution in [3.05, 3.63) is 82.3 Å². The summed E-state index contributed by atoms with van der Waals surface area (Å²) in [5.74, 6) is -1.75. The van der Waals surface area contributed by atoms with Gasteiger partial charge in [-0.1, -0.05) is 15.9 Å². The van der Waals surface area contributed by atoms with Crippen molar-refractivity contribution in [1.29, 1.82) is 0 Å². The standard InChI is InChI=1S/C24H24BrN3O5S/c1-3-28(4-2)19-10-8-18(9-11-19)27-34(32,33)20-12-5-16(6-13-20)23(29)26-22-14-7-17(25)15-21(22)24(30)31/h5-15,27H,3-4H2,1-2H3,(H,26,29)(H,30,31). The fraction of sp³-hybridized carbons (Fsp3) is 0.167. The van der Waals surface area contributed by atoms with Crippen LogP contribution in [-0.2, 0) is 10.0 Å². The van der Waals surface area contributed by atoms with Crippen molar-refractivity contribution in [3.8, 4) is 0 Å². The van der Waals surface area contributed by atoms with Gasteiger partial charge in [-0.3, -0.25) is 9.52 Å². The van der Waals surface area contributed by atoms with E-state index in [4.69, 9.17) is 0 Å². The molecule has 10 heteroatoms. The molecule has 34 heavy (non-hydrogen) atoms. The molecule has 0 saturated carbocycles. The molecule has 0 atom stereocenters. The van der Waals surface area contributed by atoms with Crippen molar-refractivity contribution in [2.24, 2.45) is 0 Å². The van der Waals surface area contributed by atoms with E-state index in [2.05, 4.69) is 30.9 Å². The van der Waals surface area contributed by atoms with Gasteiger partial charge in [-0.05, 0) is 80.6 Å². The number of benzene rings is 3. The first-order valence-corrected chi connectivity index (χ1v) is 12.7. The highest BCUT2D eigenvalue weighted by Crippen LogP contribution is 2.23. The van der Waals surface area contributed by atoms with Crippen LogP contribution in [-0.4, -0.2) is 38.5 Å². The Bertz CT molecular complexity index is 1290. The van der Waals surface area contributed by atoms with Gasteiger partial charge < -0.3 is 15.3 Å². The molecule has 0 aliphatic rings. The number of hydrogen-bond acceptors (Lipinski definition) is 5. The van der Waals surface area contributed by atoms with Crippen LogP contribution in [0.2, 0.25) is 0 Å². The summed E-state index contributed by atoms with van der Waals surface area (Å²) >= 11 is 3.20. The highest BCUT2D eigenvalue weighted by molar-refractivity contribution is 9.10. The van der Waals surface area contributed by atoms with Crippen LogP contribution in [0.1, 0.15) is 34.6 Å². The molecule has 178 valence electrons. The highest BCUT2D eigenvalue weighted by atomic mass is 79.9. The van der Waals surface area contributed by atoms with Crippen LogP contribution in [0.3, 0.4) is 0 Å². The molecule has 0 bridgehead atoms. The maximum atomic E-state index is 12.8. The predicted molar refractivity (Wildman–Crippen MR) is 136 cm³/mol. The maximum Gasteiger partial charge on any atom is 0.337 e. The number of sulfonamides is 1. The van der Waals surface area contributed by atoms with Crippen LogP contribution in [0, 0.1) is 0 Å². The monoisotopic (exact) mass is 545 g/mol. The Kier molecular flexibility index (Phi) is 7.95.